The molecule has 1 heterocycles. The zero-order valence-corrected chi connectivity index (χ0v) is 18.3. The molecule has 0 unspecified atom stereocenters. The maximum absolute atomic E-state index is 13.4. The number of methoxy groups -OCH3 is 1. The molecule has 2 amide bonds. The van der Waals surface area contributed by atoms with E-state index < -0.39 is 23.1 Å². The van der Waals surface area contributed by atoms with Crippen molar-refractivity contribution in [3.05, 3.63) is 81.6 Å². The number of carbonyl (C=O) groups excluding carboxylic acids is 2. The van der Waals surface area contributed by atoms with Crippen LogP contribution in [-0.4, -0.2) is 32.1 Å². The quantitative estimate of drug-likeness (QED) is 0.492. The van der Waals surface area contributed by atoms with Gasteiger partial charge < -0.3 is 24.5 Å². The molecule has 3 rings (SSSR count). The molecule has 3 aromatic rings. The lowest BCUT2D eigenvalue weighted by Crippen LogP contribution is -2.31. The van der Waals surface area contributed by atoms with Gasteiger partial charge in [0, 0.05) is 30.8 Å². The molecule has 0 aliphatic carbocycles. The third-order valence-electron chi connectivity index (χ3n) is 4.46. The third-order valence-corrected chi connectivity index (χ3v) is 4.76. The monoisotopic (exact) mass is 474 g/mol. The van der Waals surface area contributed by atoms with Crippen LogP contribution in [0.15, 0.2) is 64.0 Å². The van der Waals surface area contributed by atoms with Gasteiger partial charge in [0.1, 0.15) is 22.9 Å². The largest absolute Gasteiger partial charge is 0.497 e. The topological polar surface area (TPSA) is 107 Å². The SMILES string of the molecule is C=C(CCNC(=O)COc1ccc(Cl)c(F)c1)NC(=O)c1cc(=O)c2cc(OC)ccc2o1. The van der Waals surface area contributed by atoms with E-state index in [0.717, 1.165) is 12.1 Å². The van der Waals surface area contributed by atoms with E-state index in [1.54, 1.807) is 6.07 Å². The number of carbonyl (C=O) groups is 2. The van der Waals surface area contributed by atoms with E-state index in [9.17, 15) is 18.8 Å². The van der Waals surface area contributed by atoms with Crippen LogP contribution in [0, 0.1) is 5.82 Å². The van der Waals surface area contributed by atoms with Crippen LogP contribution >= 0.6 is 11.6 Å². The van der Waals surface area contributed by atoms with Gasteiger partial charge in [0.2, 0.25) is 0 Å². The molecule has 2 N–H and O–H groups in total. The van der Waals surface area contributed by atoms with Crippen LogP contribution < -0.4 is 25.5 Å². The van der Waals surface area contributed by atoms with E-state index in [0.29, 0.717) is 11.4 Å². The van der Waals surface area contributed by atoms with E-state index in [1.807, 2.05) is 0 Å². The van der Waals surface area contributed by atoms with Crippen LogP contribution in [0.2, 0.25) is 5.02 Å². The molecule has 0 aliphatic heterocycles. The van der Waals surface area contributed by atoms with E-state index in [4.69, 9.17) is 25.5 Å². The van der Waals surface area contributed by atoms with Gasteiger partial charge in [-0.05, 0) is 30.3 Å². The average Bonchev–Trinajstić information content (AvgIpc) is 2.79. The molecule has 1 aromatic heterocycles. The number of rotatable bonds is 9. The third kappa shape index (κ3) is 6.33. The first kappa shape index (κ1) is 23.8. The Bertz CT molecular complexity index is 1270. The number of nitrogens with one attached hydrogen (secondary N) is 2. The van der Waals surface area contributed by atoms with Crippen molar-refractivity contribution in [1.82, 2.24) is 10.6 Å². The molecular formula is C23H20ClFN2O6. The molecule has 0 radical (unpaired) electrons. The van der Waals surface area contributed by atoms with Gasteiger partial charge >= 0.3 is 0 Å². The Kier molecular flexibility index (Phi) is 7.68. The highest BCUT2D eigenvalue weighted by Gasteiger charge is 2.14. The van der Waals surface area contributed by atoms with Crippen molar-refractivity contribution in [3.63, 3.8) is 0 Å². The predicted octanol–water partition coefficient (Wildman–Crippen LogP) is 3.42. The minimum atomic E-state index is -0.649. The summed E-state index contributed by atoms with van der Waals surface area (Å²) in [6.07, 6.45) is 0.224. The molecule has 8 nitrogen and oxygen atoms in total. The van der Waals surface area contributed by atoms with Crippen molar-refractivity contribution >= 4 is 34.4 Å². The molecule has 0 aliphatic rings. The molecule has 0 bridgehead atoms. The van der Waals surface area contributed by atoms with E-state index >= 15 is 0 Å². The van der Waals surface area contributed by atoms with Gasteiger partial charge in [-0.3, -0.25) is 14.4 Å². The van der Waals surface area contributed by atoms with Gasteiger partial charge in [-0.15, -0.1) is 0 Å². The van der Waals surface area contributed by atoms with Crippen molar-refractivity contribution in [2.45, 2.75) is 6.42 Å². The smallest absolute Gasteiger partial charge is 0.291 e. The second kappa shape index (κ2) is 10.6. The molecule has 0 fully saturated rings. The second-order valence-electron chi connectivity index (χ2n) is 6.86. The Balaban J connectivity index is 1.47. The fourth-order valence-corrected chi connectivity index (χ4v) is 2.90. The molecule has 0 atom stereocenters. The average molecular weight is 475 g/mol. The van der Waals surface area contributed by atoms with Gasteiger partial charge in [0.25, 0.3) is 11.8 Å². The highest BCUT2D eigenvalue weighted by molar-refractivity contribution is 6.30. The predicted molar refractivity (Wildman–Crippen MR) is 120 cm³/mol. The standard InChI is InChI=1S/C23H20ClFN2O6/c1-13(7-8-26-22(29)12-32-15-3-5-17(24)18(25)10-15)27-23(30)21-11-19(28)16-9-14(31-2)4-6-20(16)33-21/h3-6,9-11H,1,7-8,12H2,2H3,(H,26,29)(H,27,30). The first-order valence-electron chi connectivity index (χ1n) is 9.72. The fourth-order valence-electron chi connectivity index (χ4n) is 2.78. The number of benzene rings is 2. The maximum Gasteiger partial charge on any atom is 0.291 e. The molecule has 10 heteroatoms. The van der Waals surface area contributed by atoms with Gasteiger partial charge in [-0.25, -0.2) is 4.39 Å². The molecule has 172 valence electrons. The number of fused-ring (bicyclic) bond motifs is 1. The van der Waals surface area contributed by atoms with Gasteiger partial charge in [0.15, 0.2) is 17.8 Å². The summed E-state index contributed by atoms with van der Waals surface area (Å²) in [5.41, 5.74) is 0.157. The highest BCUT2D eigenvalue weighted by Crippen LogP contribution is 2.20. The Hall–Kier alpha value is -3.85. The van der Waals surface area contributed by atoms with Crippen molar-refractivity contribution in [3.8, 4) is 11.5 Å². The van der Waals surface area contributed by atoms with E-state index in [-0.39, 0.29) is 47.1 Å². The number of halogens is 2. The van der Waals surface area contributed by atoms with E-state index in [1.165, 1.54) is 31.4 Å². The van der Waals surface area contributed by atoms with Gasteiger partial charge in [-0.2, -0.15) is 0 Å². The van der Waals surface area contributed by atoms with Crippen molar-refractivity contribution < 1.29 is 27.9 Å². The highest BCUT2D eigenvalue weighted by atomic mass is 35.5. The summed E-state index contributed by atoms with van der Waals surface area (Å²) in [4.78, 5) is 36.6. The fraction of sp³-hybridized carbons (Fsp3) is 0.174. The number of ether oxygens (including phenoxy) is 2. The van der Waals surface area contributed by atoms with Crippen LogP contribution in [0.3, 0.4) is 0 Å². The molecule has 0 saturated heterocycles. The summed E-state index contributed by atoms with van der Waals surface area (Å²) in [7, 11) is 1.48. The lowest BCUT2D eigenvalue weighted by molar-refractivity contribution is -0.123. The Morgan fingerprint density at radius 1 is 1.15 bits per heavy atom. The Morgan fingerprint density at radius 3 is 2.64 bits per heavy atom. The summed E-state index contributed by atoms with van der Waals surface area (Å²) >= 11 is 5.59. The minimum absolute atomic E-state index is 0.0458. The second-order valence-corrected chi connectivity index (χ2v) is 7.27. The molecule has 0 spiro atoms. The van der Waals surface area contributed by atoms with Crippen LogP contribution in [-0.2, 0) is 4.79 Å². The van der Waals surface area contributed by atoms with Crippen molar-refractivity contribution in [2.24, 2.45) is 0 Å². The Morgan fingerprint density at radius 2 is 1.91 bits per heavy atom. The van der Waals surface area contributed by atoms with Crippen molar-refractivity contribution in [2.75, 3.05) is 20.3 Å². The maximum atomic E-state index is 13.4. The summed E-state index contributed by atoms with van der Waals surface area (Å²) < 4.78 is 29.1. The molecule has 2 aromatic carbocycles. The number of amides is 2. The zero-order chi connectivity index (χ0) is 24.0. The van der Waals surface area contributed by atoms with E-state index in [2.05, 4.69) is 17.2 Å². The van der Waals surface area contributed by atoms with Crippen LogP contribution in [0.5, 0.6) is 11.5 Å². The summed E-state index contributed by atoms with van der Waals surface area (Å²) in [5, 5.41) is 5.35. The lowest BCUT2D eigenvalue weighted by Gasteiger charge is -2.10. The Labute approximate surface area is 192 Å². The van der Waals surface area contributed by atoms with Crippen molar-refractivity contribution in [1.29, 1.82) is 0 Å². The zero-order valence-electron chi connectivity index (χ0n) is 17.6. The molecular weight excluding hydrogens is 455 g/mol. The normalized spacial score (nSPS) is 10.5. The van der Waals surface area contributed by atoms with Crippen LogP contribution in [0.4, 0.5) is 4.39 Å². The lowest BCUT2D eigenvalue weighted by atomic mass is 10.2. The number of hydrogen-bond donors (Lipinski definition) is 2. The summed E-state index contributed by atoms with van der Waals surface area (Å²) in [6, 6.07) is 9.61. The van der Waals surface area contributed by atoms with Crippen LogP contribution in [0.25, 0.3) is 11.0 Å². The van der Waals surface area contributed by atoms with Crippen LogP contribution in [0.1, 0.15) is 17.0 Å². The molecule has 33 heavy (non-hydrogen) atoms. The van der Waals surface area contributed by atoms with Gasteiger partial charge in [0.05, 0.1) is 17.5 Å². The van der Waals surface area contributed by atoms with Gasteiger partial charge in [-0.1, -0.05) is 18.2 Å². The summed E-state index contributed by atoms with van der Waals surface area (Å²) in [5.74, 6) is -1.25. The minimum Gasteiger partial charge on any atom is -0.497 e. The first-order valence-corrected chi connectivity index (χ1v) is 10.1. The summed E-state index contributed by atoms with van der Waals surface area (Å²) in [6.45, 7) is 3.57. The number of hydrogen-bond acceptors (Lipinski definition) is 6. The molecule has 0 saturated carbocycles. The first-order chi connectivity index (χ1) is 15.8.